The summed E-state index contributed by atoms with van der Waals surface area (Å²) in [6.07, 6.45) is -0.224. The van der Waals surface area contributed by atoms with Crippen LogP contribution < -0.4 is 5.32 Å². The highest BCUT2D eigenvalue weighted by Gasteiger charge is 2.23. The molecule has 1 saturated heterocycles. The summed E-state index contributed by atoms with van der Waals surface area (Å²) < 4.78 is 5.06. The minimum Gasteiger partial charge on any atom is -0.450 e. The summed E-state index contributed by atoms with van der Waals surface area (Å²) >= 11 is 0. The second kappa shape index (κ2) is 9.30. The van der Waals surface area contributed by atoms with Crippen LogP contribution in [0.2, 0.25) is 0 Å². The molecule has 1 amide bonds. The lowest BCUT2D eigenvalue weighted by atomic mass is 9.99. The Morgan fingerprint density at radius 3 is 2.56 bits per heavy atom. The third kappa shape index (κ3) is 5.37. The molecular formula is C19H30N4O2. The number of carbonyl (C=O) groups is 1. The number of nitrogens with zero attached hydrogens (tertiary/aromatic N) is 3. The molecular weight excluding hydrogens is 316 g/mol. The van der Waals surface area contributed by atoms with Gasteiger partial charge in [0.2, 0.25) is 0 Å². The molecule has 0 saturated carbocycles. The number of aryl methyl sites for hydroxylation is 1. The van der Waals surface area contributed by atoms with Crippen molar-refractivity contribution >= 4 is 12.1 Å². The van der Waals surface area contributed by atoms with Gasteiger partial charge in [-0.3, -0.25) is 4.99 Å². The van der Waals surface area contributed by atoms with E-state index in [9.17, 15) is 4.79 Å². The zero-order chi connectivity index (χ0) is 18.2. The molecule has 1 unspecified atom stereocenters. The molecule has 0 aliphatic carbocycles. The van der Waals surface area contributed by atoms with Gasteiger partial charge in [0, 0.05) is 39.8 Å². The molecule has 0 radical (unpaired) electrons. The maximum Gasteiger partial charge on any atom is 0.409 e. The largest absolute Gasteiger partial charge is 0.450 e. The predicted octanol–water partition coefficient (Wildman–Crippen LogP) is 2.45. The van der Waals surface area contributed by atoms with Crippen molar-refractivity contribution in [3.63, 3.8) is 0 Å². The Morgan fingerprint density at radius 2 is 1.96 bits per heavy atom. The van der Waals surface area contributed by atoms with Crippen LogP contribution in [0.1, 0.15) is 30.9 Å². The molecule has 1 atom stereocenters. The number of ether oxygens (including phenoxy) is 1. The van der Waals surface area contributed by atoms with Crippen molar-refractivity contribution in [2.24, 2.45) is 4.99 Å². The normalized spacial score (nSPS) is 16.6. The molecule has 1 aromatic rings. The van der Waals surface area contributed by atoms with E-state index in [1.54, 1.807) is 11.9 Å². The molecule has 1 heterocycles. The van der Waals surface area contributed by atoms with Crippen LogP contribution in [0.4, 0.5) is 4.79 Å². The van der Waals surface area contributed by atoms with Crippen LogP contribution in [0.5, 0.6) is 0 Å². The Kier molecular flexibility index (Phi) is 7.10. The van der Waals surface area contributed by atoms with Crippen LogP contribution in [0, 0.1) is 6.92 Å². The van der Waals surface area contributed by atoms with Gasteiger partial charge < -0.3 is 19.9 Å². The van der Waals surface area contributed by atoms with Crippen molar-refractivity contribution in [3.8, 4) is 0 Å². The number of piperazine rings is 1. The minimum absolute atomic E-state index is 0.224. The van der Waals surface area contributed by atoms with E-state index in [1.807, 2.05) is 6.92 Å². The monoisotopic (exact) mass is 346 g/mol. The van der Waals surface area contributed by atoms with Crippen molar-refractivity contribution in [3.05, 3.63) is 35.4 Å². The van der Waals surface area contributed by atoms with Gasteiger partial charge in [0.15, 0.2) is 5.96 Å². The maximum absolute atomic E-state index is 11.8. The molecule has 6 heteroatoms. The first-order valence-corrected chi connectivity index (χ1v) is 8.99. The number of guanidine groups is 1. The van der Waals surface area contributed by atoms with Gasteiger partial charge in [-0.15, -0.1) is 0 Å². The summed E-state index contributed by atoms with van der Waals surface area (Å²) in [6.45, 7) is 10.2. The van der Waals surface area contributed by atoms with Crippen molar-refractivity contribution in [2.75, 3.05) is 46.4 Å². The van der Waals surface area contributed by atoms with Crippen molar-refractivity contribution in [2.45, 2.75) is 26.7 Å². The van der Waals surface area contributed by atoms with Gasteiger partial charge in [0.1, 0.15) is 0 Å². The molecule has 0 aromatic heterocycles. The van der Waals surface area contributed by atoms with E-state index in [-0.39, 0.29) is 6.09 Å². The Bertz CT molecular complexity index is 595. The van der Waals surface area contributed by atoms with Crippen molar-refractivity contribution in [1.29, 1.82) is 0 Å². The molecule has 1 N–H and O–H groups in total. The quantitative estimate of drug-likeness (QED) is 0.672. The fourth-order valence-electron chi connectivity index (χ4n) is 2.99. The van der Waals surface area contributed by atoms with E-state index < -0.39 is 0 Å². The first kappa shape index (κ1) is 19.1. The van der Waals surface area contributed by atoms with E-state index in [1.165, 1.54) is 11.1 Å². The summed E-state index contributed by atoms with van der Waals surface area (Å²) in [5, 5.41) is 3.47. The SMILES string of the molecule is CCOC(=O)N1CCN(C(=NC)NCC(C)c2cccc(C)c2)CC1. The van der Waals surface area contributed by atoms with E-state index in [0.29, 0.717) is 25.6 Å². The lowest BCUT2D eigenvalue weighted by Crippen LogP contribution is -2.54. The van der Waals surface area contributed by atoms with Gasteiger partial charge in [0.05, 0.1) is 6.61 Å². The first-order valence-electron chi connectivity index (χ1n) is 8.99. The summed E-state index contributed by atoms with van der Waals surface area (Å²) in [4.78, 5) is 20.1. The van der Waals surface area contributed by atoms with E-state index in [2.05, 4.69) is 53.3 Å². The summed E-state index contributed by atoms with van der Waals surface area (Å²) in [5.74, 6) is 1.29. The molecule has 0 spiro atoms. The highest BCUT2D eigenvalue weighted by atomic mass is 16.6. The third-order valence-corrected chi connectivity index (χ3v) is 4.49. The van der Waals surface area contributed by atoms with Crippen LogP contribution in [0.15, 0.2) is 29.3 Å². The van der Waals surface area contributed by atoms with Gasteiger partial charge in [-0.05, 0) is 25.3 Å². The number of amides is 1. The predicted molar refractivity (Wildman–Crippen MR) is 101 cm³/mol. The van der Waals surface area contributed by atoms with Gasteiger partial charge in [-0.2, -0.15) is 0 Å². The Labute approximate surface area is 150 Å². The summed E-state index contributed by atoms with van der Waals surface area (Å²) in [6, 6.07) is 8.61. The van der Waals surface area contributed by atoms with E-state index >= 15 is 0 Å². The molecule has 1 aliphatic rings. The summed E-state index contributed by atoms with van der Waals surface area (Å²) in [5.41, 5.74) is 2.61. The second-order valence-electron chi connectivity index (χ2n) is 6.42. The Balaban J connectivity index is 1.84. The molecule has 1 aromatic carbocycles. The topological polar surface area (TPSA) is 57.2 Å². The number of rotatable bonds is 4. The smallest absolute Gasteiger partial charge is 0.409 e. The summed E-state index contributed by atoms with van der Waals surface area (Å²) in [7, 11) is 1.80. The van der Waals surface area contributed by atoms with Crippen LogP contribution in [-0.2, 0) is 4.74 Å². The van der Waals surface area contributed by atoms with E-state index in [4.69, 9.17) is 4.74 Å². The van der Waals surface area contributed by atoms with Gasteiger partial charge in [0.25, 0.3) is 0 Å². The highest BCUT2D eigenvalue weighted by Crippen LogP contribution is 2.15. The average Bonchev–Trinajstić information content (AvgIpc) is 2.62. The highest BCUT2D eigenvalue weighted by molar-refractivity contribution is 5.80. The van der Waals surface area contributed by atoms with Crippen LogP contribution in [0.25, 0.3) is 0 Å². The number of hydrogen-bond acceptors (Lipinski definition) is 3. The fraction of sp³-hybridized carbons (Fsp3) is 0.579. The van der Waals surface area contributed by atoms with Gasteiger partial charge in [-0.25, -0.2) is 4.79 Å². The van der Waals surface area contributed by atoms with Crippen LogP contribution in [-0.4, -0.2) is 68.2 Å². The fourth-order valence-corrected chi connectivity index (χ4v) is 2.99. The molecule has 0 bridgehead atoms. The van der Waals surface area contributed by atoms with E-state index in [0.717, 1.165) is 25.6 Å². The zero-order valence-corrected chi connectivity index (χ0v) is 15.8. The average molecular weight is 346 g/mol. The van der Waals surface area contributed by atoms with Crippen molar-refractivity contribution in [1.82, 2.24) is 15.1 Å². The molecule has 2 rings (SSSR count). The van der Waals surface area contributed by atoms with Crippen LogP contribution in [0.3, 0.4) is 0 Å². The second-order valence-corrected chi connectivity index (χ2v) is 6.42. The first-order chi connectivity index (χ1) is 12.0. The number of carbonyl (C=O) groups excluding carboxylic acids is 1. The Morgan fingerprint density at radius 1 is 1.28 bits per heavy atom. The number of benzene rings is 1. The number of aliphatic imine (C=N–C) groups is 1. The molecule has 6 nitrogen and oxygen atoms in total. The molecule has 1 aliphatic heterocycles. The maximum atomic E-state index is 11.8. The molecule has 25 heavy (non-hydrogen) atoms. The molecule has 138 valence electrons. The zero-order valence-electron chi connectivity index (χ0n) is 15.8. The van der Waals surface area contributed by atoms with Crippen LogP contribution >= 0.6 is 0 Å². The van der Waals surface area contributed by atoms with Gasteiger partial charge in [-0.1, -0.05) is 36.8 Å². The minimum atomic E-state index is -0.224. The Hall–Kier alpha value is -2.24. The third-order valence-electron chi connectivity index (χ3n) is 4.49. The lowest BCUT2D eigenvalue weighted by molar-refractivity contribution is 0.0914. The van der Waals surface area contributed by atoms with Gasteiger partial charge >= 0.3 is 6.09 Å². The standard InChI is InChI=1S/C19H30N4O2/c1-5-25-19(24)23-11-9-22(10-12-23)18(20-4)21-14-16(3)17-8-6-7-15(2)13-17/h6-8,13,16H,5,9-12,14H2,1-4H3,(H,20,21). The number of hydrogen-bond donors (Lipinski definition) is 1. The number of nitrogens with one attached hydrogen (secondary N) is 1. The lowest BCUT2D eigenvalue weighted by Gasteiger charge is -2.36. The molecule has 1 fully saturated rings. The van der Waals surface area contributed by atoms with Crippen molar-refractivity contribution < 1.29 is 9.53 Å².